The molecule has 0 radical (unpaired) electrons. The van der Waals surface area contributed by atoms with Crippen LogP contribution in [0.2, 0.25) is 0 Å². The molecular formula is C18H16N2O4. The second-order valence-corrected chi connectivity index (χ2v) is 5.37. The van der Waals surface area contributed by atoms with E-state index in [1.54, 1.807) is 48.5 Å². The summed E-state index contributed by atoms with van der Waals surface area (Å²) in [7, 11) is 0. The minimum absolute atomic E-state index is 0.0101. The number of hydrazine groups is 1. The van der Waals surface area contributed by atoms with Crippen molar-refractivity contribution in [3.8, 4) is 5.75 Å². The van der Waals surface area contributed by atoms with Crippen LogP contribution in [0, 0.1) is 0 Å². The van der Waals surface area contributed by atoms with Gasteiger partial charge in [0.1, 0.15) is 5.75 Å². The van der Waals surface area contributed by atoms with Gasteiger partial charge in [0.2, 0.25) is 11.8 Å². The molecule has 1 saturated heterocycles. The van der Waals surface area contributed by atoms with Crippen molar-refractivity contribution in [2.45, 2.75) is 12.8 Å². The number of ether oxygens (including phenoxy) is 1. The maximum Gasteiger partial charge on any atom is 0.343 e. The van der Waals surface area contributed by atoms with Crippen LogP contribution < -0.4 is 10.2 Å². The van der Waals surface area contributed by atoms with E-state index in [0.29, 0.717) is 29.8 Å². The van der Waals surface area contributed by atoms with Crippen molar-refractivity contribution >= 4 is 17.8 Å². The molecular weight excluding hydrogens is 308 g/mol. The number of carbonyl (C=O) groups is 3. The Morgan fingerprint density at radius 2 is 1.75 bits per heavy atom. The highest BCUT2D eigenvalue weighted by Gasteiger charge is 2.25. The lowest BCUT2D eigenvalue weighted by Crippen LogP contribution is -2.54. The van der Waals surface area contributed by atoms with Crippen molar-refractivity contribution in [1.82, 2.24) is 10.4 Å². The van der Waals surface area contributed by atoms with E-state index >= 15 is 0 Å². The SMILES string of the molecule is O=C(Cc1ccccc1C(=O)Oc1ccccc1)NN1CCC1=O. The van der Waals surface area contributed by atoms with Crippen LogP contribution >= 0.6 is 0 Å². The molecule has 2 aromatic carbocycles. The van der Waals surface area contributed by atoms with Gasteiger partial charge in [-0.25, -0.2) is 4.79 Å². The Bertz CT molecular complexity index is 774. The average molecular weight is 324 g/mol. The second kappa shape index (κ2) is 6.95. The number of nitrogens with one attached hydrogen (secondary N) is 1. The van der Waals surface area contributed by atoms with Crippen molar-refractivity contribution in [1.29, 1.82) is 0 Å². The standard InChI is InChI=1S/C18H16N2O4/c21-16(19-20-11-10-17(20)22)12-13-6-4-5-9-15(13)18(23)24-14-7-2-1-3-8-14/h1-9H,10-12H2,(H,19,21). The fourth-order valence-electron chi connectivity index (χ4n) is 2.32. The van der Waals surface area contributed by atoms with Crippen LogP contribution in [0.25, 0.3) is 0 Å². The monoisotopic (exact) mass is 324 g/mol. The van der Waals surface area contributed by atoms with Crippen molar-refractivity contribution in [3.05, 3.63) is 65.7 Å². The topological polar surface area (TPSA) is 75.7 Å². The van der Waals surface area contributed by atoms with Crippen LogP contribution in [0.5, 0.6) is 5.75 Å². The molecule has 0 unspecified atom stereocenters. The van der Waals surface area contributed by atoms with Gasteiger partial charge < -0.3 is 4.74 Å². The van der Waals surface area contributed by atoms with E-state index in [-0.39, 0.29) is 18.2 Å². The predicted molar refractivity (Wildman–Crippen MR) is 86.0 cm³/mol. The first-order valence-electron chi connectivity index (χ1n) is 7.58. The molecule has 0 aliphatic carbocycles. The number of rotatable bonds is 5. The average Bonchev–Trinajstić information content (AvgIpc) is 2.59. The molecule has 0 spiro atoms. The van der Waals surface area contributed by atoms with E-state index in [1.807, 2.05) is 6.07 Å². The number of carbonyl (C=O) groups excluding carboxylic acids is 3. The van der Waals surface area contributed by atoms with Gasteiger partial charge in [0.25, 0.3) is 0 Å². The first-order valence-corrected chi connectivity index (χ1v) is 7.58. The van der Waals surface area contributed by atoms with Gasteiger partial charge in [-0.3, -0.25) is 20.0 Å². The van der Waals surface area contributed by atoms with Crippen LogP contribution in [0.15, 0.2) is 54.6 Å². The summed E-state index contributed by atoms with van der Waals surface area (Å²) < 4.78 is 5.32. The van der Waals surface area contributed by atoms with Gasteiger partial charge >= 0.3 is 5.97 Å². The van der Waals surface area contributed by atoms with Crippen LogP contribution in [-0.2, 0) is 16.0 Å². The predicted octanol–water partition coefficient (Wildman–Crippen LogP) is 1.71. The van der Waals surface area contributed by atoms with E-state index in [9.17, 15) is 14.4 Å². The molecule has 1 heterocycles. The molecule has 24 heavy (non-hydrogen) atoms. The number of esters is 1. The largest absolute Gasteiger partial charge is 0.423 e. The fourth-order valence-corrected chi connectivity index (χ4v) is 2.32. The third kappa shape index (κ3) is 3.60. The molecule has 1 fully saturated rings. The van der Waals surface area contributed by atoms with Gasteiger partial charge in [0, 0.05) is 6.42 Å². The molecule has 6 heteroatoms. The summed E-state index contributed by atoms with van der Waals surface area (Å²) in [5, 5.41) is 1.27. The van der Waals surface area contributed by atoms with Crippen molar-refractivity contribution in [2.24, 2.45) is 0 Å². The maximum atomic E-state index is 12.3. The number of hydrogen-bond acceptors (Lipinski definition) is 4. The molecule has 1 aliphatic rings. The molecule has 1 N–H and O–H groups in total. The Morgan fingerprint density at radius 1 is 1.04 bits per heavy atom. The summed E-state index contributed by atoms with van der Waals surface area (Å²) in [5.41, 5.74) is 3.39. The van der Waals surface area contributed by atoms with E-state index in [2.05, 4.69) is 5.43 Å². The summed E-state index contributed by atoms with van der Waals surface area (Å²) in [5.74, 6) is -0.541. The third-order valence-electron chi connectivity index (χ3n) is 3.65. The third-order valence-corrected chi connectivity index (χ3v) is 3.65. The zero-order valence-corrected chi connectivity index (χ0v) is 12.9. The number of benzene rings is 2. The molecule has 0 atom stereocenters. The van der Waals surface area contributed by atoms with E-state index in [4.69, 9.17) is 4.74 Å². The summed E-state index contributed by atoms with van der Waals surface area (Å²) in [6.45, 7) is 0.516. The molecule has 0 saturated carbocycles. The van der Waals surface area contributed by atoms with Gasteiger partial charge in [-0.05, 0) is 23.8 Å². The highest BCUT2D eigenvalue weighted by Crippen LogP contribution is 2.15. The molecule has 2 aromatic rings. The minimum Gasteiger partial charge on any atom is -0.423 e. The zero-order chi connectivity index (χ0) is 16.9. The molecule has 0 aromatic heterocycles. The van der Waals surface area contributed by atoms with E-state index in [0.717, 1.165) is 0 Å². The number of para-hydroxylation sites is 1. The Kier molecular flexibility index (Phi) is 4.56. The van der Waals surface area contributed by atoms with E-state index < -0.39 is 5.97 Å². The van der Waals surface area contributed by atoms with Crippen LogP contribution in [0.1, 0.15) is 22.3 Å². The minimum atomic E-state index is -0.523. The van der Waals surface area contributed by atoms with Crippen LogP contribution in [0.4, 0.5) is 0 Å². The van der Waals surface area contributed by atoms with E-state index in [1.165, 1.54) is 5.01 Å². The summed E-state index contributed by atoms with van der Waals surface area (Å²) in [6.07, 6.45) is 0.435. The molecule has 122 valence electrons. The lowest BCUT2D eigenvalue weighted by molar-refractivity contribution is -0.149. The summed E-state index contributed by atoms with van der Waals surface area (Å²) in [6, 6.07) is 15.5. The number of amides is 2. The smallest absolute Gasteiger partial charge is 0.343 e. The van der Waals surface area contributed by atoms with Gasteiger partial charge in [-0.15, -0.1) is 0 Å². The number of β-lactam (4-membered cyclic amide) rings is 1. The van der Waals surface area contributed by atoms with Crippen molar-refractivity contribution < 1.29 is 19.1 Å². The normalized spacial score (nSPS) is 13.2. The Hall–Kier alpha value is -3.15. The fraction of sp³-hybridized carbons (Fsp3) is 0.167. The molecule has 1 aliphatic heterocycles. The molecule has 3 rings (SSSR count). The Balaban J connectivity index is 1.69. The highest BCUT2D eigenvalue weighted by atomic mass is 16.5. The van der Waals surface area contributed by atoms with Crippen molar-refractivity contribution in [2.75, 3.05) is 6.54 Å². The summed E-state index contributed by atoms with van der Waals surface area (Å²) in [4.78, 5) is 35.6. The quantitative estimate of drug-likeness (QED) is 0.516. The summed E-state index contributed by atoms with van der Waals surface area (Å²) >= 11 is 0. The number of nitrogens with zero attached hydrogens (tertiary/aromatic N) is 1. The highest BCUT2D eigenvalue weighted by molar-refractivity contribution is 5.94. The molecule has 6 nitrogen and oxygen atoms in total. The lowest BCUT2D eigenvalue weighted by Gasteiger charge is -2.30. The first kappa shape index (κ1) is 15.7. The molecule has 0 bridgehead atoms. The zero-order valence-electron chi connectivity index (χ0n) is 12.9. The second-order valence-electron chi connectivity index (χ2n) is 5.37. The van der Waals surface area contributed by atoms with Gasteiger partial charge in [-0.1, -0.05) is 36.4 Å². The van der Waals surface area contributed by atoms with Crippen LogP contribution in [0.3, 0.4) is 0 Å². The number of hydrogen-bond donors (Lipinski definition) is 1. The van der Waals surface area contributed by atoms with Gasteiger partial charge in [0.05, 0.1) is 18.5 Å². The molecule has 2 amide bonds. The maximum absolute atomic E-state index is 12.3. The van der Waals surface area contributed by atoms with Gasteiger partial charge in [-0.2, -0.15) is 0 Å². The van der Waals surface area contributed by atoms with Crippen molar-refractivity contribution in [3.63, 3.8) is 0 Å². The lowest BCUT2D eigenvalue weighted by atomic mass is 10.0. The Labute approximate surface area is 139 Å². The Morgan fingerprint density at radius 3 is 2.42 bits per heavy atom. The first-order chi connectivity index (χ1) is 11.6. The van der Waals surface area contributed by atoms with Gasteiger partial charge in [0.15, 0.2) is 0 Å². The van der Waals surface area contributed by atoms with Crippen LogP contribution in [-0.4, -0.2) is 29.3 Å².